The van der Waals surface area contributed by atoms with E-state index in [1.165, 1.54) is 0 Å². The van der Waals surface area contributed by atoms with E-state index < -0.39 is 5.91 Å². The molecule has 2 aromatic carbocycles. The smallest absolute Gasteiger partial charge is 0.259 e. The van der Waals surface area contributed by atoms with Crippen molar-refractivity contribution in [1.82, 2.24) is 14.5 Å². The lowest BCUT2D eigenvalue weighted by Crippen LogP contribution is -2.22. The highest BCUT2D eigenvalue weighted by Crippen LogP contribution is 2.38. The minimum Gasteiger partial charge on any atom is -0.392 e. The topological polar surface area (TPSA) is 76.3 Å². The average Bonchev–Trinajstić information content (AvgIpc) is 3.32. The van der Waals surface area contributed by atoms with Gasteiger partial charge in [0.1, 0.15) is 0 Å². The van der Waals surface area contributed by atoms with E-state index in [1.807, 2.05) is 78.1 Å². The molecular weight excluding hydrogens is 366 g/mol. The second-order valence-electron chi connectivity index (χ2n) is 7.37. The Kier molecular flexibility index (Phi) is 3.72. The number of aromatic nitrogens is 2. The van der Waals surface area contributed by atoms with Crippen LogP contribution in [0.3, 0.4) is 0 Å². The summed E-state index contributed by atoms with van der Waals surface area (Å²) in [6, 6.07) is 13.4. The van der Waals surface area contributed by atoms with Gasteiger partial charge >= 0.3 is 0 Å². The summed E-state index contributed by atoms with van der Waals surface area (Å²) in [5.74, 6) is -0.776. The quantitative estimate of drug-likeness (QED) is 0.533. The number of aryl methyl sites for hydroxylation is 2. The maximum absolute atomic E-state index is 12.8. The van der Waals surface area contributed by atoms with E-state index in [0.717, 1.165) is 32.9 Å². The number of hydrogen-bond acceptors (Lipinski definition) is 3. The zero-order valence-electron chi connectivity index (χ0n) is 16.1. The molecule has 144 valence electrons. The maximum atomic E-state index is 12.8. The number of para-hydroxylation sites is 1. The highest BCUT2D eigenvalue weighted by Gasteiger charge is 2.35. The molecule has 0 fully saturated rings. The van der Waals surface area contributed by atoms with Crippen molar-refractivity contribution in [3.05, 3.63) is 71.5 Å². The zero-order valence-corrected chi connectivity index (χ0v) is 16.1. The van der Waals surface area contributed by atoms with Gasteiger partial charge in [0.25, 0.3) is 11.8 Å². The van der Waals surface area contributed by atoms with E-state index >= 15 is 0 Å². The van der Waals surface area contributed by atoms with Gasteiger partial charge < -0.3 is 14.2 Å². The number of aliphatic hydroxyl groups is 1. The Bertz CT molecular complexity index is 1370. The van der Waals surface area contributed by atoms with Crippen LogP contribution in [0.15, 0.2) is 54.9 Å². The molecule has 1 aliphatic rings. The number of aliphatic hydroxyl groups excluding tert-OH is 1. The molecule has 1 aliphatic heterocycles. The molecule has 4 aromatic rings. The summed E-state index contributed by atoms with van der Waals surface area (Å²) in [4.78, 5) is 25.7. The van der Waals surface area contributed by atoms with Gasteiger partial charge in [-0.3, -0.25) is 14.9 Å². The summed E-state index contributed by atoms with van der Waals surface area (Å²) < 4.78 is 3.87. The van der Waals surface area contributed by atoms with Crippen molar-refractivity contribution in [3.63, 3.8) is 0 Å². The lowest BCUT2D eigenvalue weighted by molar-refractivity contribution is -0.122. The van der Waals surface area contributed by atoms with Crippen LogP contribution < -0.4 is 5.32 Å². The molecule has 0 spiro atoms. The number of carbonyl (C=O) groups excluding carboxylic acids is 2. The molecule has 0 unspecified atom stereocenters. The summed E-state index contributed by atoms with van der Waals surface area (Å²) in [5, 5.41) is 13.7. The molecule has 29 heavy (non-hydrogen) atoms. The van der Waals surface area contributed by atoms with E-state index in [0.29, 0.717) is 16.7 Å². The Balaban J connectivity index is 1.84. The van der Waals surface area contributed by atoms with Crippen LogP contribution in [0.25, 0.3) is 33.0 Å². The molecule has 0 bridgehead atoms. The number of rotatable bonds is 3. The van der Waals surface area contributed by atoms with Gasteiger partial charge in [0.2, 0.25) is 0 Å². The highest BCUT2D eigenvalue weighted by atomic mass is 16.3. The predicted octanol–water partition coefficient (Wildman–Crippen LogP) is 2.73. The molecule has 2 amide bonds. The summed E-state index contributed by atoms with van der Waals surface area (Å²) in [6.07, 6.45) is 3.76. The van der Waals surface area contributed by atoms with Crippen molar-refractivity contribution in [2.45, 2.75) is 6.61 Å². The van der Waals surface area contributed by atoms with Crippen molar-refractivity contribution >= 4 is 44.8 Å². The largest absolute Gasteiger partial charge is 0.392 e. The van der Waals surface area contributed by atoms with E-state index in [2.05, 4.69) is 5.32 Å². The second kappa shape index (κ2) is 6.18. The Hall–Kier alpha value is -3.64. The van der Waals surface area contributed by atoms with Crippen molar-refractivity contribution in [2.75, 3.05) is 0 Å². The number of carbonyl (C=O) groups is 2. The average molecular weight is 385 g/mol. The fourth-order valence-corrected chi connectivity index (χ4v) is 4.24. The normalized spacial score (nSPS) is 14.4. The number of hydrogen-bond donors (Lipinski definition) is 2. The lowest BCUT2D eigenvalue weighted by atomic mass is 9.95. The Morgan fingerprint density at radius 2 is 1.41 bits per heavy atom. The van der Waals surface area contributed by atoms with Gasteiger partial charge in [-0.05, 0) is 17.7 Å². The molecule has 0 saturated heterocycles. The first kappa shape index (κ1) is 17.5. The molecule has 2 aromatic heterocycles. The number of amides is 2. The number of fused-ring (bicyclic) bond motifs is 2. The van der Waals surface area contributed by atoms with Crippen LogP contribution in [0.1, 0.15) is 16.7 Å². The fourth-order valence-electron chi connectivity index (χ4n) is 4.24. The first-order valence-corrected chi connectivity index (χ1v) is 9.33. The van der Waals surface area contributed by atoms with Gasteiger partial charge in [-0.25, -0.2) is 0 Å². The molecule has 5 rings (SSSR count). The zero-order chi connectivity index (χ0) is 20.3. The van der Waals surface area contributed by atoms with E-state index in [9.17, 15) is 14.7 Å². The van der Waals surface area contributed by atoms with Gasteiger partial charge in [-0.1, -0.05) is 30.3 Å². The van der Waals surface area contributed by atoms with Gasteiger partial charge in [0.05, 0.1) is 17.8 Å². The SMILES string of the molecule is Cn1cc(C2=C(c3cn(C)c4cc(CO)ccc34)C(=O)NC2=O)c2ccccc21. The lowest BCUT2D eigenvalue weighted by Gasteiger charge is -2.03. The molecule has 0 radical (unpaired) electrons. The van der Waals surface area contributed by atoms with Crippen LogP contribution in [-0.2, 0) is 30.3 Å². The first-order chi connectivity index (χ1) is 14.0. The maximum Gasteiger partial charge on any atom is 0.259 e. The van der Waals surface area contributed by atoms with Gasteiger partial charge in [0.15, 0.2) is 0 Å². The Labute approximate surface area is 166 Å². The van der Waals surface area contributed by atoms with Crippen molar-refractivity contribution in [3.8, 4) is 0 Å². The molecule has 6 heteroatoms. The van der Waals surface area contributed by atoms with E-state index in [-0.39, 0.29) is 12.5 Å². The Morgan fingerprint density at radius 3 is 2.07 bits per heavy atom. The monoisotopic (exact) mass is 385 g/mol. The van der Waals surface area contributed by atoms with Crippen LogP contribution in [0.2, 0.25) is 0 Å². The van der Waals surface area contributed by atoms with Crippen molar-refractivity contribution < 1.29 is 14.7 Å². The van der Waals surface area contributed by atoms with Crippen LogP contribution in [0.5, 0.6) is 0 Å². The molecule has 3 heterocycles. The second-order valence-corrected chi connectivity index (χ2v) is 7.37. The Morgan fingerprint density at radius 1 is 0.828 bits per heavy atom. The summed E-state index contributed by atoms with van der Waals surface area (Å²) >= 11 is 0. The van der Waals surface area contributed by atoms with Crippen LogP contribution in [0.4, 0.5) is 0 Å². The van der Waals surface area contributed by atoms with Crippen LogP contribution in [-0.4, -0.2) is 26.1 Å². The van der Waals surface area contributed by atoms with E-state index in [4.69, 9.17) is 0 Å². The molecule has 6 nitrogen and oxygen atoms in total. The van der Waals surface area contributed by atoms with Gasteiger partial charge in [0, 0.05) is 59.4 Å². The third-order valence-electron chi connectivity index (χ3n) is 5.60. The van der Waals surface area contributed by atoms with Crippen LogP contribution in [0, 0.1) is 0 Å². The number of imide groups is 1. The fraction of sp³-hybridized carbons (Fsp3) is 0.130. The van der Waals surface area contributed by atoms with Crippen molar-refractivity contribution in [1.29, 1.82) is 0 Å². The van der Waals surface area contributed by atoms with Crippen LogP contribution >= 0.6 is 0 Å². The molecule has 0 saturated carbocycles. The van der Waals surface area contributed by atoms with Crippen molar-refractivity contribution in [2.24, 2.45) is 14.1 Å². The first-order valence-electron chi connectivity index (χ1n) is 9.33. The van der Waals surface area contributed by atoms with Gasteiger partial charge in [-0.15, -0.1) is 0 Å². The predicted molar refractivity (Wildman–Crippen MR) is 112 cm³/mol. The minimum absolute atomic E-state index is 0.0562. The summed E-state index contributed by atoms with van der Waals surface area (Å²) in [7, 11) is 3.81. The molecular formula is C23H19N3O3. The number of benzene rings is 2. The third kappa shape index (κ3) is 2.46. The molecule has 0 atom stereocenters. The summed E-state index contributed by atoms with van der Waals surface area (Å²) in [5.41, 5.74) is 4.90. The third-order valence-corrected chi connectivity index (χ3v) is 5.60. The van der Waals surface area contributed by atoms with Gasteiger partial charge in [-0.2, -0.15) is 0 Å². The summed E-state index contributed by atoms with van der Waals surface area (Å²) in [6.45, 7) is -0.0562. The minimum atomic E-state index is -0.392. The number of nitrogens with one attached hydrogen (secondary N) is 1. The standard InChI is InChI=1S/C23H19N3O3/c1-25-10-16(14-5-3-4-6-18(14)25)20-21(23(29)24-22(20)28)17-11-26(2)19-9-13(12-27)7-8-15(17)19/h3-11,27H,12H2,1-2H3,(H,24,28,29). The highest BCUT2D eigenvalue weighted by molar-refractivity contribution is 6.50. The molecule has 0 aliphatic carbocycles. The number of nitrogens with zero attached hydrogens (tertiary/aromatic N) is 2. The molecule has 2 N–H and O–H groups in total. The van der Waals surface area contributed by atoms with E-state index in [1.54, 1.807) is 0 Å².